The van der Waals surface area contributed by atoms with Crippen LogP contribution in [-0.2, 0) is 4.79 Å². The van der Waals surface area contributed by atoms with Gasteiger partial charge in [-0.15, -0.1) is 0 Å². The van der Waals surface area contributed by atoms with E-state index in [1.54, 1.807) is 4.90 Å². The fourth-order valence-electron chi connectivity index (χ4n) is 4.36. The van der Waals surface area contributed by atoms with Crippen molar-refractivity contribution in [2.45, 2.75) is 19.3 Å². The first-order valence-electron chi connectivity index (χ1n) is 11.0. The number of anilines is 2. The number of amides is 3. The van der Waals surface area contributed by atoms with E-state index >= 15 is 0 Å². The zero-order valence-electron chi connectivity index (χ0n) is 17.6. The van der Waals surface area contributed by atoms with Gasteiger partial charge in [-0.3, -0.25) is 4.79 Å². The molecule has 6 nitrogen and oxygen atoms in total. The number of nitrogens with zero attached hydrogens (tertiary/aromatic N) is 2. The molecule has 2 aromatic carbocycles. The molecule has 0 spiro atoms. The molecule has 0 saturated carbocycles. The first-order chi connectivity index (χ1) is 15.1. The lowest BCUT2D eigenvalue weighted by Gasteiger charge is -2.31. The van der Waals surface area contributed by atoms with Crippen LogP contribution in [0.5, 0.6) is 0 Å². The minimum absolute atomic E-state index is 0.0108. The van der Waals surface area contributed by atoms with Gasteiger partial charge >= 0.3 is 6.03 Å². The second-order valence-electron chi connectivity index (χ2n) is 8.38. The number of benzene rings is 2. The Balaban J connectivity index is 1.18. The smallest absolute Gasteiger partial charge is 0.321 e. The highest BCUT2D eigenvalue weighted by Gasteiger charge is 2.29. The summed E-state index contributed by atoms with van der Waals surface area (Å²) in [6.45, 7) is 3.92. The number of piperidine rings is 1. The fraction of sp³-hybridized carbons (Fsp3) is 0.417. The summed E-state index contributed by atoms with van der Waals surface area (Å²) in [4.78, 5) is 29.3. The molecule has 2 saturated heterocycles. The van der Waals surface area contributed by atoms with Gasteiger partial charge < -0.3 is 20.4 Å². The van der Waals surface area contributed by atoms with Gasteiger partial charge in [0.15, 0.2) is 0 Å². The van der Waals surface area contributed by atoms with Crippen molar-refractivity contribution >= 4 is 39.2 Å². The summed E-state index contributed by atoms with van der Waals surface area (Å²) in [5.74, 6) is 0.590. The predicted molar refractivity (Wildman–Crippen MR) is 127 cm³/mol. The molecule has 0 radical (unpaired) electrons. The van der Waals surface area contributed by atoms with Crippen LogP contribution in [0.15, 0.2) is 59.1 Å². The number of nitrogens with one attached hydrogen (secondary N) is 2. The van der Waals surface area contributed by atoms with E-state index in [1.165, 1.54) is 5.69 Å². The van der Waals surface area contributed by atoms with Crippen molar-refractivity contribution in [2.24, 2.45) is 11.8 Å². The van der Waals surface area contributed by atoms with Crippen molar-refractivity contribution in [3.8, 4) is 0 Å². The molecule has 164 valence electrons. The zero-order valence-corrected chi connectivity index (χ0v) is 19.2. The van der Waals surface area contributed by atoms with E-state index in [-0.39, 0.29) is 17.9 Å². The van der Waals surface area contributed by atoms with E-state index in [2.05, 4.69) is 49.7 Å². The molecular formula is C24H29BrN4O2. The van der Waals surface area contributed by atoms with Gasteiger partial charge in [-0.05, 0) is 55.5 Å². The molecule has 2 aromatic rings. The fourth-order valence-corrected chi connectivity index (χ4v) is 4.75. The van der Waals surface area contributed by atoms with E-state index in [0.717, 1.165) is 36.2 Å². The molecule has 0 bridgehead atoms. The highest BCUT2D eigenvalue weighted by molar-refractivity contribution is 9.10. The maximum absolute atomic E-state index is 12.7. The number of hydrogen-bond acceptors (Lipinski definition) is 3. The van der Waals surface area contributed by atoms with Gasteiger partial charge in [0.25, 0.3) is 0 Å². The van der Waals surface area contributed by atoms with Gasteiger partial charge in [-0.1, -0.05) is 40.2 Å². The minimum Gasteiger partial charge on any atom is -0.371 e. The lowest BCUT2D eigenvalue weighted by atomic mass is 9.95. The third-order valence-corrected chi connectivity index (χ3v) is 6.70. The molecule has 7 heteroatoms. The van der Waals surface area contributed by atoms with Crippen LogP contribution < -0.4 is 15.5 Å². The molecule has 2 heterocycles. The van der Waals surface area contributed by atoms with Crippen molar-refractivity contribution < 1.29 is 9.59 Å². The standard InChI is InChI=1S/C24H29BrN4O2/c25-20-5-4-8-22(15-20)29-12-9-18(17-29)16-26-23(30)19-10-13-28(14-11-19)24(31)27-21-6-2-1-3-7-21/h1-8,15,18-19H,9-14,16-17H2,(H,26,30)(H,27,31). The molecule has 1 atom stereocenters. The van der Waals surface area contributed by atoms with E-state index < -0.39 is 0 Å². The van der Waals surface area contributed by atoms with Gasteiger partial charge in [-0.25, -0.2) is 4.79 Å². The number of carbonyl (C=O) groups is 2. The van der Waals surface area contributed by atoms with Crippen molar-refractivity contribution in [3.05, 3.63) is 59.1 Å². The third-order valence-electron chi connectivity index (χ3n) is 6.20. The number of urea groups is 1. The summed E-state index contributed by atoms with van der Waals surface area (Å²) in [5.41, 5.74) is 2.02. The number of carbonyl (C=O) groups excluding carboxylic acids is 2. The summed E-state index contributed by atoms with van der Waals surface area (Å²) in [7, 11) is 0. The van der Waals surface area contributed by atoms with Crippen molar-refractivity contribution in [2.75, 3.05) is 42.9 Å². The summed E-state index contributed by atoms with van der Waals surface area (Å²) in [6.07, 6.45) is 2.51. The van der Waals surface area contributed by atoms with Crippen molar-refractivity contribution in [1.29, 1.82) is 0 Å². The van der Waals surface area contributed by atoms with E-state index in [9.17, 15) is 9.59 Å². The quantitative estimate of drug-likeness (QED) is 0.663. The number of likely N-dealkylation sites (tertiary alicyclic amines) is 1. The van der Waals surface area contributed by atoms with Crippen LogP contribution in [0.25, 0.3) is 0 Å². The normalized spacial score (nSPS) is 19.3. The molecule has 3 amide bonds. The van der Waals surface area contributed by atoms with Gasteiger partial charge in [0.05, 0.1) is 0 Å². The predicted octanol–water partition coefficient (Wildman–Crippen LogP) is 4.34. The largest absolute Gasteiger partial charge is 0.371 e. The van der Waals surface area contributed by atoms with Crippen LogP contribution in [0.1, 0.15) is 19.3 Å². The van der Waals surface area contributed by atoms with Crippen LogP contribution in [0, 0.1) is 11.8 Å². The topological polar surface area (TPSA) is 64.7 Å². The average molecular weight is 485 g/mol. The monoisotopic (exact) mass is 484 g/mol. The van der Waals surface area contributed by atoms with Gasteiger partial charge in [0.1, 0.15) is 0 Å². The molecule has 31 heavy (non-hydrogen) atoms. The maximum atomic E-state index is 12.7. The second-order valence-corrected chi connectivity index (χ2v) is 9.30. The van der Waals surface area contributed by atoms with Gasteiger partial charge in [0, 0.05) is 54.5 Å². The number of halogens is 1. The van der Waals surface area contributed by atoms with E-state index in [1.807, 2.05) is 36.4 Å². The maximum Gasteiger partial charge on any atom is 0.321 e. The summed E-state index contributed by atoms with van der Waals surface area (Å²) in [5, 5.41) is 6.09. The molecule has 2 N–H and O–H groups in total. The Hall–Kier alpha value is -2.54. The lowest BCUT2D eigenvalue weighted by Crippen LogP contribution is -2.45. The molecule has 2 fully saturated rings. The summed E-state index contributed by atoms with van der Waals surface area (Å²) in [6, 6.07) is 17.7. The Kier molecular flexibility index (Phi) is 7.12. The Morgan fingerprint density at radius 2 is 1.74 bits per heavy atom. The highest BCUT2D eigenvalue weighted by atomic mass is 79.9. The SMILES string of the molecule is O=C(NCC1CCN(c2cccc(Br)c2)C1)C1CCN(C(=O)Nc2ccccc2)CC1. The molecule has 1 unspecified atom stereocenters. The van der Waals surface area contributed by atoms with Crippen LogP contribution in [0.2, 0.25) is 0 Å². The van der Waals surface area contributed by atoms with E-state index in [0.29, 0.717) is 31.8 Å². The lowest BCUT2D eigenvalue weighted by molar-refractivity contribution is -0.126. The van der Waals surface area contributed by atoms with Crippen LogP contribution in [0.3, 0.4) is 0 Å². The van der Waals surface area contributed by atoms with E-state index in [4.69, 9.17) is 0 Å². The Morgan fingerprint density at radius 3 is 2.48 bits per heavy atom. The van der Waals surface area contributed by atoms with Gasteiger partial charge in [-0.2, -0.15) is 0 Å². The first-order valence-corrected chi connectivity index (χ1v) is 11.8. The zero-order chi connectivity index (χ0) is 21.6. The van der Waals surface area contributed by atoms with Crippen LogP contribution in [0.4, 0.5) is 16.2 Å². The Morgan fingerprint density at radius 1 is 0.968 bits per heavy atom. The van der Waals surface area contributed by atoms with Crippen LogP contribution in [-0.4, -0.2) is 49.6 Å². The minimum atomic E-state index is -0.0938. The first kappa shape index (κ1) is 21.7. The highest BCUT2D eigenvalue weighted by Crippen LogP contribution is 2.26. The molecule has 0 aliphatic carbocycles. The molecule has 2 aliphatic heterocycles. The number of para-hydroxylation sites is 1. The molecule has 0 aromatic heterocycles. The number of hydrogen-bond donors (Lipinski definition) is 2. The third kappa shape index (κ3) is 5.79. The Bertz CT molecular complexity index is 899. The molecule has 2 aliphatic rings. The summed E-state index contributed by atoms with van der Waals surface area (Å²) >= 11 is 3.54. The van der Waals surface area contributed by atoms with Crippen LogP contribution >= 0.6 is 15.9 Å². The summed E-state index contributed by atoms with van der Waals surface area (Å²) < 4.78 is 1.09. The van der Waals surface area contributed by atoms with Crippen molar-refractivity contribution in [3.63, 3.8) is 0 Å². The van der Waals surface area contributed by atoms with Gasteiger partial charge in [0.2, 0.25) is 5.91 Å². The molecular weight excluding hydrogens is 456 g/mol. The van der Waals surface area contributed by atoms with Crippen molar-refractivity contribution in [1.82, 2.24) is 10.2 Å². The Labute approximate surface area is 192 Å². The second kappa shape index (κ2) is 10.2. The number of rotatable bonds is 5. The average Bonchev–Trinajstić information content (AvgIpc) is 3.27. The molecule has 4 rings (SSSR count).